The molecule has 1 heterocycles. The number of hydrogen-bond acceptors (Lipinski definition) is 5. The second kappa shape index (κ2) is 9.17. The molecule has 3 aromatic rings. The van der Waals surface area contributed by atoms with Gasteiger partial charge in [-0.1, -0.05) is 18.2 Å². The minimum atomic E-state index is -2.55. The number of benzene rings is 2. The average Bonchev–Trinajstić information content (AvgIpc) is 2.70. The molecule has 0 aliphatic heterocycles. The van der Waals surface area contributed by atoms with E-state index in [1.165, 1.54) is 11.2 Å². The first-order chi connectivity index (χ1) is 14.3. The Bertz CT molecular complexity index is 1120. The Morgan fingerprint density at radius 1 is 1.10 bits per heavy atom. The molecule has 0 radical (unpaired) electrons. The second-order valence-electron chi connectivity index (χ2n) is 6.97. The number of rotatable bonds is 6. The number of amides is 1. The van der Waals surface area contributed by atoms with Crippen molar-refractivity contribution in [1.82, 2.24) is 4.98 Å². The smallest absolute Gasteiger partial charge is 0.221 e. The van der Waals surface area contributed by atoms with Crippen molar-refractivity contribution in [2.24, 2.45) is 5.73 Å². The summed E-state index contributed by atoms with van der Waals surface area (Å²) >= 11 is -2.55. The first-order valence-electron chi connectivity index (χ1n) is 9.33. The number of nitrogens with one attached hydrogen (secondary N) is 1. The Hall–Kier alpha value is -3.07. The van der Waals surface area contributed by atoms with Crippen molar-refractivity contribution < 1.29 is 13.6 Å². The number of aromatic nitrogens is 1. The summed E-state index contributed by atoms with van der Waals surface area (Å²) in [6, 6.07) is 12.7. The fraction of sp³-hybridized carbons (Fsp3) is 0.182. The number of carbonyl (C=O) groups excluding carboxylic acids is 1. The van der Waals surface area contributed by atoms with Crippen molar-refractivity contribution >= 4 is 34.2 Å². The zero-order valence-corrected chi connectivity index (χ0v) is 17.8. The summed E-state index contributed by atoms with van der Waals surface area (Å²) in [6.45, 7) is 5.51. The van der Waals surface area contributed by atoms with Gasteiger partial charge in [0.2, 0.25) is 5.91 Å². The Morgan fingerprint density at radius 3 is 2.50 bits per heavy atom. The number of nitrogens with two attached hydrogens (primary N) is 1. The van der Waals surface area contributed by atoms with Crippen LogP contribution in [0.25, 0.3) is 11.1 Å². The van der Waals surface area contributed by atoms with Crippen LogP contribution in [0.1, 0.15) is 23.6 Å². The van der Waals surface area contributed by atoms with Crippen LogP contribution in [0, 0.1) is 13.8 Å². The molecule has 8 heteroatoms. The summed E-state index contributed by atoms with van der Waals surface area (Å²) in [4.78, 5) is 15.5. The van der Waals surface area contributed by atoms with E-state index in [-0.39, 0.29) is 12.5 Å². The summed E-state index contributed by atoms with van der Waals surface area (Å²) in [6.07, 6.45) is 3.20. The zero-order chi connectivity index (χ0) is 21.8. The van der Waals surface area contributed by atoms with Crippen LogP contribution in [0.2, 0.25) is 0 Å². The Kier molecular flexibility index (Phi) is 6.61. The van der Waals surface area contributed by atoms with Crippen LogP contribution in [-0.4, -0.2) is 19.7 Å². The lowest BCUT2D eigenvalue weighted by Gasteiger charge is -2.29. The van der Waals surface area contributed by atoms with Gasteiger partial charge in [0.25, 0.3) is 0 Å². The highest BCUT2D eigenvalue weighted by Crippen LogP contribution is 2.35. The molecule has 0 aliphatic carbocycles. The van der Waals surface area contributed by atoms with Gasteiger partial charge in [-0.05, 0) is 60.4 Å². The third kappa shape index (κ3) is 4.73. The molecule has 0 saturated heterocycles. The molecule has 1 unspecified atom stereocenters. The third-order valence-electron chi connectivity index (χ3n) is 4.79. The largest absolute Gasteiger partial charge is 0.755 e. The second-order valence-corrected chi connectivity index (χ2v) is 7.77. The van der Waals surface area contributed by atoms with E-state index < -0.39 is 11.3 Å². The molecule has 2 aromatic carbocycles. The lowest BCUT2D eigenvalue weighted by Crippen LogP contribution is -2.22. The highest BCUT2D eigenvalue weighted by Gasteiger charge is 2.16. The molecular formula is C22H23N4O3S-. The molecule has 0 bridgehead atoms. The molecule has 3 rings (SSSR count). The molecule has 0 fully saturated rings. The van der Waals surface area contributed by atoms with Crippen molar-refractivity contribution in [2.45, 2.75) is 27.3 Å². The highest BCUT2D eigenvalue weighted by atomic mass is 32.2. The SMILES string of the molecule is CC(=O)Nc1cncc(-c2ccc(CN)c(N(c3ccc(C)c(C)c3)S(=O)[O-])c2)c1. The highest BCUT2D eigenvalue weighted by molar-refractivity contribution is 7.81. The van der Waals surface area contributed by atoms with Gasteiger partial charge in [-0.25, -0.2) is 0 Å². The number of anilines is 3. The van der Waals surface area contributed by atoms with Crippen molar-refractivity contribution in [1.29, 1.82) is 0 Å². The Balaban J connectivity index is 2.12. The quantitative estimate of drug-likeness (QED) is 0.587. The molecule has 3 N–H and O–H groups in total. The predicted octanol–water partition coefficient (Wildman–Crippen LogP) is 3.71. The molecule has 30 heavy (non-hydrogen) atoms. The van der Waals surface area contributed by atoms with Crippen molar-refractivity contribution in [2.75, 3.05) is 9.62 Å². The van der Waals surface area contributed by atoms with Gasteiger partial charge in [0, 0.05) is 25.2 Å². The molecular weight excluding hydrogens is 400 g/mol. The summed E-state index contributed by atoms with van der Waals surface area (Å²) < 4.78 is 25.7. The van der Waals surface area contributed by atoms with E-state index in [1.807, 2.05) is 32.0 Å². The van der Waals surface area contributed by atoms with Gasteiger partial charge in [0.1, 0.15) is 0 Å². The van der Waals surface area contributed by atoms with Crippen molar-refractivity contribution in [3.8, 4) is 11.1 Å². The van der Waals surface area contributed by atoms with E-state index in [0.717, 1.165) is 22.3 Å². The molecule has 1 atom stereocenters. The van der Waals surface area contributed by atoms with Gasteiger partial charge >= 0.3 is 0 Å². The maximum Gasteiger partial charge on any atom is 0.221 e. The molecule has 156 valence electrons. The van der Waals surface area contributed by atoms with Crippen LogP contribution >= 0.6 is 0 Å². The van der Waals surface area contributed by atoms with Gasteiger partial charge in [-0.3, -0.25) is 18.3 Å². The summed E-state index contributed by atoms with van der Waals surface area (Å²) in [7, 11) is 0. The van der Waals surface area contributed by atoms with Crippen LogP contribution in [0.4, 0.5) is 17.1 Å². The van der Waals surface area contributed by atoms with E-state index in [2.05, 4.69) is 10.3 Å². The van der Waals surface area contributed by atoms with Crippen LogP contribution in [0.3, 0.4) is 0 Å². The fourth-order valence-corrected chi connectivity index (χ4v) is 3.75. The fourth-order valence-electron chi connectivity index (χ4n) is 3.13. The summed E-state index contributed by atoms with van der Waals surface area (Å²) in [5, 5.41) is 2.70. The number of pyridine rings is 1. The standard InChI is InChI=1S/C22H24N4O3S/c1-14-4-7-21(8-15(14)2)26(30(28)29)22-10-17(5-6-18(22)11-23)19-9-20(13-24-12-19)25-16(3)27/h4-10,12-13H,11,23H2,1-3H3,(H,25,27)(H,28,29)/p-1. The lowest BCUT2D eigenvalue weighted by atomic mass is 10.0. The van der Waals surface area contributed by atoms with Crippen molar-refractivity contribution in [3.05, 3.63) is 71.5 Å². The number of aryl methyl sites for hydroxylation is 2. The van der Waals surface area contributed by atoms with Gasteiger partial charge in [0.05, 0.1) is 34.5 Å². The van der Waals surface area contributed by atoms with Crippen LogP contribution in [0.5, 0.6) is 0 Å². The zero-order valence-electron chi connectivity index (χ0n) is 17.0. The summed E-state index contributed by atoms with van der Waals surface area (Å²) in [5.41, 5.74) is 11.7. The van der Waals surface area contributed by atoms with Crippen LogP contribution < -0.4 is 15.4 Å². The lowest BCUT2D eigenvalue weighted by molar-refractivity contribution is -0.114. The molecule has 0 saturated carbocycles. The normalized spacial score (nSPS) is 11.8. The first kappa shape index (κ1) is 21.6. The molecule has 0 spiro atoms. The van der Waals surface area contributed by atoms with Gasteiger partial charge in [-0.15, -0.1) is 0 Å². The van der Waals surface area contributed by atoms with E-state index >= 15 is 0 Å². The van der Waals surface area contributed by atoms with E-state index in [1.54, 1.807) is 36.7 Å². The number of nitrogens with zero attached hydrogens (tertiary/aromatic N) is 2. The topological polar surface area (TPSA) is 111 Å². The third-order valence-corrected chi connectivity index (χ3v) is 5.50. The van der Waals surface area contributed by atoms with E-state index in [4.69, 9.17) is 5.73 Å². The molecule has 1 aromatic heterocycles. The number of hydrogen-bond donors (Lipinski definition) is 2. The van der Waals surface area contributed by atoms with Crippen LogP contribution in [0.15, 0.2) is 54.9 Å². The average molecular weight is 424 g/mol. The van der Waals surface area contributed by atoms with Crippen LogP contribution in [-0.2, 0) is 22.6 Å². The molecule has 0 aliphatic rings. The van der Waals surface area contributed by atoms with E-state index in [0.29, 0.717) is 22.6 Å². The van der Waals surface area contributed by atoms with E-state index in [9.17, 15) is 13.6 Å². The Morgan fingerprint density at radius 2 is 1.87 bits per heavy atom. The monoisotopic (exact) mass is 423 g/mol. The minimum Gasteiger partial charge on any atom is -0.755 e. The molecule has 7 nitrogen and oxygen atoms in total. The van der Waals surface area contributed by atoms with Gasteiger partial charge < -0.3 is 15.6 Å². The predicted molar refractivity (Wildman–Crippen MR) is 119 cm³/mol. The first-order valence-corrected chi connectivity index (χ1v) is 10.4. The van der Waals surface area contributed by atoms with Gasteiger partial charge in [-0.2, -0.15) is 0 Å². The molecule has 1 amide bonds. The maximum atomic E-state index is 12.2. The summed E-state index contributed by atoms with van der Waals surface area (Å²) in [5.74, 6) is -0.198. The Labute approximate surface area is 178 Å². The maximum absolute atomic E-state index is 12.2. The number of carbonyl (C=O) groups is 1. The van der Waals surface area contributed by atoms with Gasteiger partial charge in [0.15, 0.2) is 0 Å². The van der Waals surface area contributed by atoms with Crippen molar-refractivity contribution in [3.63, 3.8) is 0 Å². The minimum absolute atomic E-state index is 0.179.